The number of ether oxygens (including phenoxy) is 1. The summed E-state index contributed by atoms with van der Waals surface area (Å²) < 4.78 is 7.83. The molecule has 0 saturated carbocycles. The van der Waals surface area contributed by atoms with Gasteiger partial charge in [0, 0.05) is 51.3 Å². The molecule has 0 spiro atoms. The molecule has 1 fully saturated rings. The van der Waals surface area contributed by atoms with Gasteiger partial charge in [-0.2, -0.15) is 0 Å². The Labute approximate surface area is 174 Å². The normalized spacial score (nSPS) is 17.5. The van der Waals surface area contributed by atoms with Crippen molar-refractivity contribution in [2.75, 3.05) is 26.8 Å². The summed E-state index contributed by atoms with van der Waals surface area (Å²) >= 11 is 0. The fourth-order valence-electron chi connectivity index (χ4n) is 4.17. The quantitative estimate of drug-likeness (QED) is 0.614. The van der Waals surface area contributed by atoms with Crippen molar-refractivity contribution in [2.24, 2.45) is 7.05 Å². The van der Waals surface area contributed by atoms with Crippen LogP contribution in [-0.4, -0.2) is 50.8 Å². The highest BCUT2D eigenvalue weighted by molar-refractivity contribution is 5.74. The van der Waals surface area contributed by atoms with Gasteiger partial charge in [0.25, 0.3) is 5.56 Å². The third-order valence-corrected chi connectivity index (χ3v) is 5.80. The zero-order valence-electron chi connectivity index (χ0n) is 17.5. The number of pyridine rings is 2. The molecule has 8 heteroatoms. The Balaban J connectivity index is 1.66. The van der Waals surface area contributed by atoms with Gasteiger partial charge in [-0.1, -0.05) is 0 Å². The van der Waals surface area contributed by atoms with E-state index < -0.39 is 0 Å². The van der Waals surface area contributed by atoms with E-state index in [0.29, 0.717) is 24.2 Å². The van der Waals surface area contributed by atoms with E-state index in [9.17, 15) is 9.59 Å². The number of hydrogen-bond acceptors (Lipinski definition) is 6. The van der Waals surface area contributed by atoms with Crippen LogP contribution in [0.2, 0.25) is 0 Å². The molecule has 3 aromatic heterocycles. The molecule has 8 nitrogen and oxygen atoms in total. The van der Waals surface area contributed by atoms with Crippen molar-refractivity contribution in [1.29, 1.82) is 0 Å². The van der Waals surface area contributed by atoms with Crippen LogP contribution in [0.3, 0.4) is 0 Å². The zero-order valence-corrected chi connectivity index (χ0v) is 17.5. The summed E-state index contributed by atoms with van der Waals surface area (Å²) in [4.78, 5) is 36.6. The number of nitrogens with zero attached hydrogens (tertiary/aromatic N) is 5. The van der Waals surface area contributed by atoms with Gasteiger partial charge < -0.3 is 4.74 Å². The maximum absolute atomic E-state index is 12.7. The highest BCUT2D eigenvalue weighted by Gasteiger charge is 2.23. The number of fused-ring (bicyclic) bond motifs is 1. The van der Waals surface area contributed by atoms with Crippen LogP contribution in [0.25, 0.3) is 11.0 Å². The Morgan fingerprint density at radius 3 is 2.73 bits per heavy atom. The van der Waals surface area contributed by atoms with E-state index in [1.54, 1.807) is 11.7 Å². The number of hydrogen-bond donors (Lipinski definition) is 0. The van der Waals surface area contributed by atoms with Gasteiger partial charge in [-0.25, -0.2) is 9.78 Å². The van der Waals surface area contributed by atoms with Crippen LogP contribution in [0.4, 0.5) is 0 Å². The first-order chi connectivity index (χ1) is 14.6. The van der Waals surface area contributed by atoms with E-state index in [1.165, 1.54) is 12.6 Å². The molecular weight excluding hydrogens is 382 g/mol. The third-order valence-electron chi connectivity index (χ3n) is 5.80. The lowest BCUT2D eigenvalue weighted by Crippen LogP contribution is -2.39. The number of likely N-dealkylation sites (tertiary alicyclic amines) is 1. The minimum Gasteiger partial charge on any atom is -0.383 e. The van der Waals surface area contributed by atoms with E-state index in [-0.39, 0.29) is 17.2 Å². The fourth-order valence-corrected chi connectivity index (χ4v) is 4.17. The second kappa shape index (κ2) is 8.89. The molecule has 4 rings (SSSR count). The van der Waals surface area contributed by atoms with Crippen LogP contribution >= 0.6 is 0 Å². The molecule has 0 radical (unpaired) electrons. The summed E-state index contributed by atoms with van der Waals surface area (Å²) in [6.07, 6.45) is 5.77. The maximum atomic E-state index is 12.7. The lowest BCUT2D eigenvalue weighted by Gasteiger charge is -2.32. The average Bonchev–Trinajstić information content (AvgIpc) is 2.78. The Hall–Kier alpha value is -2.84. The number of aromatic nitrogens is 4. The summed E-state index contributed by atoms with van der Waals surface area (Å²) in [5, 5.41) is 0.460. The molecule has 0 bridgehead atoms. The Kier molecular flexibility index (Phi) is 6.06. The van der Waals surface area contributed by atoms with Crippen LogP contribution in [0.1, 0.15) is 30.0 Å². The van der Waals surface area contributed by atoms with Crippen LogP contribution in [0, 0.1) is 0 Å². The Bertz CT molecular complexity index is 1140. The topological polar surface area (TPSA) is 82.2 Å². The number of piperidine rings is 1. The van der Waals surface area contributed by atoms with Gasteiger partial charge in [0.05, 0.1) is 18.5 Å². The van der Waals surface area contributed by atoms with Gasteiger partial charge in [0.15, 0.2) is 0 Å². The molecule has 0 amide bonds. The lowest BCUT2D eigenvalue weighted by molar-refractivity contribution is 0.186. The first-order valence-corrected chi connectivity index (χ1v) is 10.3. The van der Waals surface area contributed by atoms with Crippen molar-refractivity contribution in [3.63, 3.8) is 0 Å². The molecular formula is C22H27N5O3. The van der Waals surface area contributed by atoms with Crippen molar-refractivity contribution >= 4 is 11.0 Å². The summed E-state index contributed by atoms with van der Waals surface area (Å²) in [5.74, 6) is 0.264. The molecule has 1 aliphatic heterocycles. The highest BCUT2D eigenvalue weighted by Crippen LogP contribution is 2.27. The molecule has 0 aromatic carbocycles. The van der Waals surface area contributed by atoms with E-state index in [1.807, 2.05) is 36.7 Å². The molecule has 1 atom stereocenters. The average molecular weight is 409 g/mol. The Morgan fingerprint density at radius 2 is 1.97 bits per heavy atom. The van der Waals surface area contributed by atoms with Gasteiger partial charge >= 0.3 is 5.69 Å². The highest BCUT2D eigenvalue weighted by atomic mass is 16.5. The van der Waals surface area contributed by atoms with Crippen LogP contribution < -0.4 is 11.2 Å². The molecule has 4 heterocycles. The fraction of sp³-hybridized carbons (Fsp3) is 0.455. The van der Waals surface area contributed by atoms with Gasteiger partial charge in [-0.15, -0.1) is 0 Å². The molecule has 1 saturated heterocycles. The minimum atomic E-state index is -0.364. The lowest BCUT2D eigenvalue weighted by atomic mass is 9.93. The van der Waals surface area contributed by atoms with Crippen LogP contribution in [0.5, 0.6) is 0 Å². The summed E-state index contributed by atoms with van der Waals surface area (Å²) in [5.41, 5.74) is 1.95. The van der Waals surface area contributed by atoms with Crippen molar-refractivity contribution in [3.8, 4) is 0 Å². The van der Waals surface area contributed by atoms with E-state index in [2.05, 4.69) is 9.88 Å². The smallest absolute Gasteiger partial charge is 0.332 e. The molecule has 1 aliphatic rings. The maximum Gasteiger partial charge on any atom is 0.332 e. The zero-order chi connectivity index (χ0) is 21.1. The molecule has 3 aromatic rings. The summed E-state index contributed by atoms with van der Waals surface area (Å²) in [6.45, 7) is 3.56. The second-order valence-electron chi connectivity index (χ2n) is 7.83. The summed E-state index contributed by atoms with van der Waals surface area (Å²) in [6, 6.07) is 7.84. The second-order valence-corrected chi connectivity index (χ2v) is 7.83. The van der Waals surface area contributed by atoms with Crippen molar-refractivity contribution in [1.82, 2.24) is 24.0 Å². The van der Waals surface area contributed by atoms with Crippen molar-refractivity contribution < 1.29 is 4.74 Å². The van der Waals surface area contributed by atoms with Gasteiger partial charge in [0.1, 0.15) is 5.65 Å². The third kappa shape index (κ3) is 4.06. The first kappa shape index (κ1) is 20.4. The van der Waals surface area contributed by atoms with Crippen LogP contribution in [-0.2, 0) is 24.9 Å². The molecule has 0 N–H and O–H groups in total. The number of methoxy groups -OCH3 is 1. The minimum absolute atomic E-state index is 0.264. The SMILES string of the molecule is COCCn1c(=O)n(C)c(=O)c2ccc([C@H]3CCCN(Cc4ccncc4)C3)nc21. The standard InChI is InChI=1S/C22H27N5O3/c1-25-21(28)18-5-6-19(24-20(18)27(22(25)29)12-13-30-2)17-4-3-11-26(15-17)14-16-7-9-23-10-8-16/h5-10,17H,3-4,11-15H2,1-2H3/t17-/m0/s1. The monoisotopic (exact) mass is 409 g/mol. The first-order valence-electron chi connectivity index (χ1n) is 10.3. The molecule has 158 valence electrons. The predicted octanol–water partition coefficient (Wildman–Crippen LogP) is 1.52. The van der Waals surface area contributed by atoms with Crippen molar-refractivity contribution in [3.05, 3.63) is 68.8 Å². The van der Waals surface area contributed by atoms with Gasteiger partial charge in [-0.05, 0) is 49.2 Å². The van der Waals surface area contributed by atoms with E-state index in [0.717, 1.165) is 42.7 Å². The molecule has 30 heavy (non-hydrogen) atoms. The molecule has 0 aliphatic carbocycles. The van der Waals surface area contributed by atoms with Crippen LogP contribution in [0.15, 0.2) is 46.2 Å². The van der Waals surface area contributed by atoms with Crippen molar-refractivity contribution in [2.45, 2.75) is 31.8 Å². The van der Waals surface area contributed by atoms with E-state index >= 15 is 0 Å². The van der Waals surface area contributed by atoms with E-state index in [4.69, 9.17) is 9.72 Å². The van der Waals surface area contributed by atoms with Gasteiger partial charge in [-0.3, -0.25) is 23.8 Å². The number of rotatable bonds is 6. The van der Waals surface area contributed by atoms with Gasteiger partial charge in [0.2, 0.25) is 0 Å². The summed E-state index contributed by atoms with van der Waals surface area (Å²) in [7, 11) is 3.09. The predicted molar refractivity (Wildman–Crippen MR) is 115 cm³/mol. The molecule has 0 unspecified atom stereocenters. The Morgan fingerprint density at radius 1 is 1.17 bits per heavy atom. The largest absolute Gasteiger partial charge is 0.383 e.